The fraction of sp³-hybridized carbons (Fsp3) is 0.511. The summed E-state index contributed by atoms with van der Waals surface area (Å²) in [4.78, 5) is 35.2. The van der Waals surface area contributed by atoms with Gasteiger partial charge in [0.2, 0.25) is 5.91 Å². The van der Waals surface area contributed by atoms with Crippen LogP contribution >= 0.6 is 0 Å². The summed E-state index contributed by atoms with van der Waals surface area (Å²) in [5.41, 5.74) is 2.67. The van der Waals surface area contributed by atoms with Crippen LogP contribution < -0.4 is 19.7 Å². The van der Waals surface area contributed by atoms with Gasteiger partial charge in [-0.25, -0.2) is 18.6 Å². The number of fused-ring (bicyclic) bond motifs is 2. The van der Waals surface area contributed by atoms with Crippen LogP contribution in [-0.2, 0) is 31.5 Å². The van der Waals surface area contributed by atoms with E-state index in [1.165, 1.54) is 28.4 Å². The molecule has 0 radical (unpaired) electrons. The Morgan fingerprint density at radius 1 is 0.910 bits per heavy atom. The van der Waals surface area contributed by atoms with Crippen molar-refractivity contribution in [1.29, 1.82) is 5.26 Å². The van der Waals surface area contributed by atoms with Gasteiger partial charge in [-0.05, 0) is 130 Å². The maximum absolute atomic E-state index is 15.8. The first-order chi connectivity index (χ1) is 32.3. The molecule has 2 atom stereocenters. The summed E-state index contributed by atoms with van der Waals surface area (Å²) < 4.78 is 80.4. The number of amides is 3. The molecule has 2 aliphatic carbocycles. The van der Waals surface area contributed by atoms with Crippen molar-refractivity contribution in [2.75, 3.05) is 56.6 Å². The molecule has 354 valence electrons. The molecule has 0 bridgehead atoms. The number of benzene rings is 3. The predicted octanol–water partition coefficient (Wildman–Crippen LogP) is 6.93. The first-order valence-electron chi connectivity index (χ1n) is 23.0. The van der Waals surface area contributed by atoms with Crippen LogP contribution in [0.2, 0.25) is 0 Å². The van der Waals surface area contributed by atoms with Gasteiger partial charge >= 0.3 is 16.2 Å². The molecule has 1 spiro atoms. The predicted molar refractivity (Wildman–Crippen MR) is 244 cm³/mol. The van der Waals surface area contributed by atoms with Gasteiger partial charge in [0.25, 0.3) is 0 Å². The molecule has 3 amide bonds. The van der Waals surface area contributed by atoms with Gasteiger partial charge in [-0.15, -0.1) is 0 Å². The van der Waals surface area contributed by atoms with Gasteiger partial charge in [0, 0.05) is 70.4 Å². The molecule has 4 aliphatic heterocycles. The Morgan fingerprint density at radius 3 is 2.39 bits per heavy atom. The molecule has 5 fully saturated rings. The summed E-state index contributed by atoms with van der Waals surface area (Å²) >= 11 is 0. The van der Waals surface area contributed by atoms with Crippen LogP contribution in [0, 0.1) is 28.4 Å². The molecule has 20 heteroatoms. The summed E-state index contributed by atoms with van der Waals surface area (Å²) in [6, 6.07) is 12.8. The van der Waals surface area contributed by atoms with Crippen LogP contribution in [0.25, 0.3) is 10.9 Å². The Balaban J connectivity index is 0.746. The largest absolute Gasteiger partial charge is 0.453 e. The second-order valence-corrected chi connectivity index (χ2v) is 20.5. The summed E-state index contributed by atoms with van der Waals surface area (Å²) in [6.07, 6.45) is 9.72. The smallest absolute Gasteiger partial charge is 0.329 e. The SMILES string of the molecule is COC1c2cc(Oc3c(F)ccc(NS(=O)(=O)N4CC[C@@H](OC)C4)c3C#N)ccc2N=CN1C1CC2(CCN(C3CCC(c4cc5c(cc4F)c(N4CCC(=O)NC4=O)nn5C)CC3)CC2)C1. The van der Waals surface area contributed by atoms with Crippen molar-refractivity contribution in [3.8, 4) is 17.6 Å². The minimum atomic E-state index is -4.06. The van der Waals surface area contributed by atoms with Crippen molar-refractivity contribution in [3.63, 3.8) is 0 Å². The fourth-order valence-corrected chi connectivity index (χ4v) is 12.6. The van der Waals surface area contributed by atoms with Crippen LogP contribution in [0.4, 0.5) is 30.8 Å². The normalized spacial score (nSPS) is 24.7. The van der Waals surface area contributed by atoms with E-state index in [0.29, 0.717) is 34.9 Å². The highest BCUT2D eigenvalue weighted by Crippen LogP contribution is 2.54. The Bertz CT molecular complexity index is 2790. The maximum atomic E-state index is 15.8. The number of halogens is 2. The zero-order valence-electron chi connectivity index (χ0n) is 37.7. The topological polar surface area (TPSA) is 187 Å². The monoisotopic (exact) mass is 940 g/mol. The van der Waals surface area contributed by atoms with E-state index in [2.05, 4.69) is 24.9 Å². The number of imide groups is 1. The molecule has 2 saturated carbocycles. The van der Waals surface area contributed by atoms with Crippen molar-refractivity contribution >= 4 is 56.6 Å². The molecule has 3 aromatic carbocycles. The number of nitrogens with zero attached hydrogens (tertiary/aromatic N) is 8. The number of carbonyl (C=O) groups excluding carboxylic acids is 2. The Kier molecular flexibility index (Phi) is 11.9. The number of rotatable bonds is 11. The first kappa shape index (κ1) is 45.1. The van der Waals surface area contributed by atoms with Crippen LogP contribution in [0.15, 0.2) is 47.5 Å². The van der Waals surface area contributed by atoms with Gasteiger partial charge < -0.3 is 24.0 Å². The van der Waals surface area contributed by atoms with Crippen LogP contribution in [0.1, 0.15) is 93.0 Å². The number of aliphatic imine (C=N–C) groups is 1. The zero-order chi connectivity index (χ0) is 46.8. The van der Waals surface area contributed by atoms with E-state index < -0.39 is 34.0 Å². The first-order valence-corrected chi connectivity index (χ1v) is 24.4. The third kappa shape index (κ3) is 8.38. The molecule has 1 unspecified atom stereocenters. The molecule has 4 aromatic rings. The van der Waals surface area contributed by atoms with Gasteiger partial charge in [0.15, 0.2) is 23.6 Å². The zero-order valence-corrected chi connectivity index (χ0v) is 38.5. The van der Waals surface area contributed by atoms with Crippen LogP contribution in [-0.4, -0.2) is 116 Å². The minimum absolute atomic E-state index is 0.0898. The standard InChI is InChI=1S/C47H54F2N10O7S/c1-55-41-22-33(38(49)21-35(41)44(53-55)58-17-13-42(60)52-46(58)61)28-4-6-29(7-5-28)56-18-14-47(15-19-56)23-30(24-47)59-27-51-39-10-8-31(20-34(39)45(59)65-3)66-43-36(25-50)40(11-9-37(43)48)54-67(62,63)57-16-12-32(26-57)64-2/h8-11,20-22,27-30,32,45,54H,4-7,12-19,23-24,26H2,1-3H3,(H,52,60,61)/t28?,29?,32-,45?/m1/s1. The average molecular weight is 941 g/mol. The van der Waals surface area contributed by atoms with E-state index in [-0.39, 0.29) is 78.3 Å². The molecule has 17 nitrogen and oxygen atoms in total. The molecule has 6 aliphatic rings. The number of urea groups is 1. The number of likely N-dealkylation sites (tertiary alicyclic amines) is 1. The maximum Gasteiger partial charge on any atom is 0.329 e. The lowest BCUT2D eigenvalue weighted by molar-refractivity contribution is -0.120. The van der Waals surface area contributed by atoms with Crippen molar-refractivity contribution in [2.45, 2.75) is 94.5 Å². The van der Waals surface area contributed by atoms with Crippen LogP contribution in [0.5, 0.6) is 11.5 Å². The highest BCUT2D eigenvalue weighted by atomic mass is 32.2. The van der Waals surface area contributed by atoms with Gasteiger partial charge in [-0.3, -0.25) is 24.4 Å². The van der Waals surface area contributed by atoms with Crippen LogP contribution in [0.3, 0.4) is 0 Å². The fourth-order valence-electron chi connectivity index (χ4n) is 11.3. The minimum Gasteiger partial charge on any atom is -0.453 e. The molecular weight excluding hydrogens is 887 g/mol. The summed E-state index contributed by atoms with van der Waals surface area (Å²) in [5, 5.41) is 17.5. The van der Waals surface area contributed by atoms with Crippen molar-refractivity contribution < 1.29 is 41.0 Å². The highest BCUT2D eigenvalue weighted by Gasteiger charge is 2.50. The number of piperidine rings is 1. The number of nitrogens with one attached hydrogen (secondary N) is 2. The molecule has 5 heterocycles. The van der Waals surface area contributed by atoms with Crippen molar-refractivity contribution in [1.82, 2.24) is 29.2 Å². The van der Waals surface area contributed by atoms with E-state index >= 15 is 8.78 Å². The number of hydrogen-bond donors (Lipinski definition) is 2. The quantitative estimate of drug-likeness (QED) is 0.159. The van der Waals surface area contributed by atoms with Crippen molar-refractivity contribution in [3.05, 3.63) is 70.8 Å². The van der Waals surface area contributed by atoms with E-state index in [0.717, 1.165) is 81.6 Å². The summed E-state index contributed by atoms with van der Waals surface area (Å²) in [7, 11) is 0.891. The third-order valence-corrected chi connectivity index (χ3v) is 16.6. The lowest BCUT2D eigenvalue weighted by atomic mass is 9.59. The Morgan fingerprint density at radius 2 is 1.69 bits per heavy atom. The van der Waals surface area contributed by atoms with Gasteiger partial charge in [-0.2, -0.15) is 23.1 Å². The lowest BCUT2D eigenvalue weighted by Gasteiger charge is -2.57. The van der Waals surface area contributed by atoms with E-state index in [4.69, 9.17) is 19.2 Å². The lowest BCUT2D eigenvalue weighted by Crippen LogP contribution is -2.57. The molecule has 1 aromatic heterocycles. The van der Waals surface area contributed by atoms with Crippen molar-refractivity contribution in [2.24, 2.45) is 17.5 Å². The molecular formula is C47H54F2N10O7S. The number of aryl methyl sites for hydroxylation is 1. The molecule has 3 saturated heterocycles. The number of hydrogen-bond acceptors (Lipinski definition) is 12. The van der Waals surface area contributed by atoms with Gasteiger partial charge in [-0.1, -0.05) is 0 Å². The summed E-state index contributed by atoms with van der Waals surface area (Å²) in [6.45, 7) is 2.63. The molecule has 2 N–H and O–H groups in total. The second-order valence-electron chi connectivity index (χ2n) is 18.8. The Hall–Kier alpha value is -5.72. The number of aromatic nitrogens is 2. The van der Waals surface area contributed by atoms with E-state index in [9.17, 15) is 23.3 Å². The van der Waals surface area contributed by atoms with Gasteiger partial charge in [0.05, 0.1) is 29.3 Å². The average Bonchev–Trinajstić information content (AvgIpc) is 3.93. The number of carbonyl (C=O) groups is 2. The number of anilines is 2. The Labute approximate surface area is 387 Å². The van der Waals surface area contributed by atoms with E-state index in [1.54, 1.807) is 37.0 Å². The number of nitriles is 1. The van der Waals surface area contributed by atoms with Gasteiger partial charge in [0.1, 0.15) is 23.2 Å². The number of methoxy groups -OCH3 is 2. The summed E-state index contributed by atoms with van der Waals surface area (Å²) in [5.74, 6) is -1.17. The highest BCUT2D eigenvalue weighted by molar-refractivity contribution is 7.90. The molecule has 10 rings (SSSR count). The third-order valence-electron chi connectivity index (χ3n) is 15.1. The molecule has 67 heavy (non-hydrogen) atoms. The number of ether oxygens (including phenoxy) is 3. The van der Waals surface area contributed by atoms with E-state index in [1.807, 2.05) is 18.5 Å². The second kappa shape index (κ2) is 17.7.